The van der Waals surface area contributed by atoms with E-state index in [-0.39, 0.29) is 25.0 Å². The van der Waals surface area contributed by atoms with Gasteiger partial charge < -0.3 is 31.3 Å². The van der Waals surface area contributed by atoms with Crippen LogP contribution in [0, 0.1) is 5.92 Å². The van der Waals surface area contributed by atoms with Gasteiger partial charge in [0.05, 0.1) is 19.3 Å². The third-order valence-electron chi connectivity index (χ3n) is 5.02. The highest BCUT2D eigenvalue weighted by molar-refractivity contribution is 7.80. The van der Waals surface area contributed by atoms with Gasteiger partial charge in [-0.25, -0.2) is 4.79 Å². The summed E-state index contributed by atoms with van der Waals surface area (Å²) >= 11 is 3.85. The average Bonchev–Trinajstić information content (AvgIpc) is 2.78. The van der Waals surface area contributed by atoms with E-state index in [1.54, 1.807) is 24.3 Å². The van der Waals surface area contributed by atoms with Crippen molar-refractivity contribution in [2.24, 2.45) is 5.92 Å². The minimum atomic E-state index is -1.33. The molecular weight excluding hydrogens is 482 g/mol. The molecule has 192 valence electrons. The molecule has 0 unspecified atom stereocenters. The lowest BCUT2D eigenvalue weighted by molar-refractivity contribution is -0.144. The van der Waals surface area contributed by atoms with Crippen LogP contribution in [0.3, 0.4) is 0 Å². The third kappa shape index (κ3) is 11.9. The van der Waals surface area contributed by atoms with Gasteiger partial charge in [0.1, 0.15) is 6.04 Å². The van der Waals surface area contributed by atoms with Gasteiger partial charge in [-0.3, -0.25) is 24.0 Å². The van der Waals surface area contributed by atoms with Gasteiger partial charge in [-0.1, -0.05) is 24.3 Å². The van der Waals surface area contributed by atoms with Crippen molar-refractivity contribution in [2.75, 3.05) is 5.75 Å². The van der Waals surface area contributed by atoms with Crippen molar-refractivity contribution in [1.82, 2.24) is 16.0 Å². The van der Waals surface area contributed by atoms with Crippen LogP contribution in [0.1, 0.15) is 36.8 Å². The molecule has 35 heavy (non-hydrogen) atoms. The number of benzene rings is 1. The van der Waals surface area contributed by atoms with Gasteiger partial charge in [-0.15, -0.1) is 0 Å². The maximum atomic E-state index is 12.5. The predicted molar refractivity (Wildman–Crippen MR) is 126 cm³/mol. The summed E-state index contributed by atoms with van der Waals surface area (Å²) in [6, 6.07) is 4.68. The van der Waals surface area contributed by atoms with Crippen LogP contribution >= 0.6 is 12.6 Å². The van der Waals surface area contributed by atoms with Crippen molar-refractivity contribution in [3.05, 3.63) is 35.4 Å². The quantitative estimate of drug-likeness (QED) is 0.109. The van der Waals surface area contributed by atoms with Gasteiger partial charge in [0, 0.05) is 24.3 Å². The first-order valence-corrected chi connectivity index (χ1v) is 11.3. The van der Waals surface area contributed by atoms with E-state index in [9.17, 15) is 33.9 Å². The molecule has 12 nitrogen and oxygen atoms in total. The lowest BCUT2D eigenvalue weighted by Crippen LogP contribution is -2.45. The summed E-state index contributed by atoms with van der Waals surface area (Å²) in [5.41, 5.74) is 1.48. The van der Waals surface area contributed by atoms with Crippen LogP contribution in [0.4, 0.5) is 0 Å². The van der Waals surface area contributed by atoms with Crippen molar-refractivity contribution in [3.8, 4) is 0 Å². The van der Waals surface area contributed by atoms with Crippen molar-refractivity contribution >= 4 is 48.8 Å². The summed E-state index contributed by atoms with van der Waals surface area (Å²) in [5.74, 6) is -6.40. The SMILES string of the molecule is O=CNCc1ccc(CC(=O)N[C@@H](CC[C@H](CC(=O)O)C(=O)N[C@@H](CS)C(=O)O)CC(=O)O)cc1. The number of carboxylic acids is 3. The summed E-state index contributed by atoms with van der Waals surface area (Å²) in [6.45, 7) is 0.336. The molecule has 0 aliphatic rings. The lowest BCUT2D eigenvalue weighted by Gasteiger charge is -2.22. The molecule has 0 bridgehead atoms. The van der Waals surface area contributed by atoms with Crippen LogP contribution in [-0.2, 0) is 41.7 Å². The Kier molecular flexibility index (Phi) is 12.9. The van der Waals surface area contributed by atoms with Gasteiger partial charge in [-0.2, -0.15) is 12.6 Å². The summed E-state index contributed by atoms with van der Waals surface area (Å²) < 4.78 is 0. The molecule has 6 N–H and O–H groups in total. The van der Waals surface area contributed by atoms with Crippen molar-refractivity contribution < 1.29 is 44.1 Å². The number of thiol groups is 1. The number of hydrogen-bond donors (Lipinski definition) is 7. The normalized spacial score (nSPS) is 13.1. The maximum Gasteiger partial charge on any atom is 0.327 e. The smallest absolute Gasteiger partial charge is 0.327 e. The molecule has 0 saturated heterocycles. The minimum absolute atomic E-state index is 0.0156. The Hall–Kier alpha value is -3.61. The summed E-state index contributed by atoms with van der Waals surface area (Å²) in [7, 11) is 0. The Balaban J connectivity index is 2.79. The van der Waals surface area contributed by atoms with Crippen LogP contribution in [0.15, 0.2) is 24.3 Å². The van der Waals surface area contributed by atoms with Crippen LogP contribution in [-0.4, -0.2) is 69.3 Å². The van der Waals surface area contributed by atoms with Crippen LogP contribution in [0.5, 0.6) is 0 Å². The van der Waals surface area contributed by atoms with Crippen LogP contribution in [0.2, 0.25) is 0 Å². The monoisotopic (exact) mass is 511 g/mol. The maximum absolute atomic E-state index is 12.5. The second-order valence-corrected chi connectivity index (χ2v) is 8.17. The minimum Gasteiger partial charge on any atom is -0.481 e. The topological polar surface area (TPSA) is 199 Å². The Morgan fingerprint density at radius 2 is 1.49 bits per heavy atom. The molecule has 1 aromatic rings. The second-order valence-electron chi connectivity index (χ2n) is 7.81. The molecule has 3 atom stereocenters. The van der Waals surface area contributed by atoms with Gasteiger partial charge >= 0.3 is 17.9 Å². The predicted octanol–water partition coefficient (Wildman–Crippen LogP) is -0.195. The molecular formula is C22H29N3O9S. The number of nitrogens with one attached hydrogen (secondary N) is 3. The number of carbonyl (C=O) groups is 6. The summed E-state index contributed by atoms with van der Waals surface area (Å²) in [5, 5.41) is 34.7. The molecule has 1 rings (SSSR count). The van der Waals surface area contributed by atoms with Crippen LogP contribution < -0.4 is 16.0 Å². The van der Waals surface area contributed by atoms with Gasteiger partial charge in [-0.05, 0) is 24.0 Å². The number of carbonyl (C=O) groups excluding carboxylic acids is 3. The Bertz CT molecular complexity index is 908. The van der Waals surface area contributed by atoms with E-state index in [4.69, 9.17) is 10.2 Å². The highest BCUT2D eigenvalue weighted by atomic mass is 32.1. The zero-order chi connectivity index (χ0) is 26.4. The molecule has 0 spiro atoms. The third-order valence-corrected chi connectivity index (χ3v) is 5.38. The molecule has 0 radical (unpaired) electrons. The van der Waals surface area contributed by atoms with Crippen LogP contribution in [0.25, 0.3) is 0 Å². The highest BCUT2D eigenvalue weighted by Crippen LogP contribution is 2.16. The fourth-order valence-electron chi connectivity index (χ4n) is 3.25. The zero-order valence-corrected chi connectivity index (χ0v) is 19.7. The Labute approximate surface area is 206 Å². The molecule has 3 amide bonds. The van der Waals surface area contributed by atoms with E-state index >= 15 is 0 Å². The Morgan fingerprint density at radius 1 is 0.886 bits per heavy atom. The standard InChI is InChI=1S/C22H29N3O9S/c26-12-23-10-14-3-1-13(2-4-14)7-18(27)24-16(9-20(30)31)6-5-15(8-19(28)29)21(32)25-17(11-35)22(33)34/h1-4,12,15-17,35H,5-11H2,(H,23,26)(H,24,27)(H,25,32)(H,28,29)(H,30,31)(H,33,34)/t15-,16+,17+/m1/s1. The van der Waals surface area contributed by atoms with E-state index in [2.05, 4.69) is 28.6 Å². The summed E-state index contributed by atoms with van der Waals surface area (Å²) in [6.07, 6.45) is -0.619. The molecule has 0 aliphatic carbocycles. The number of carboxylic acid groups (broad SMARTS) is 3. The van der Waals surface area contributed by atoms with Crippen molar-refractivity contribution in [1.29, 1.82) is 0 Å². The molecule has 0 aromatic heterocycles. The number of aliphatic carboxylic acids is 3. The first-order valence-electron chi connectivity index (χ1n) is 10.7. The second kappa shape index (κ2) is 15.3. The highest BCUT2D eigenvalue weighted by Gasteiger charge is 2.28. The van der Waals surface area contributed by atoms with Gasteiger partial charge in [0.2, 0.25) is 18.2 Å². The zero-order valence-electron chi connectivity index (χ0n) is 18.8. The van der Waals surface area contributed by atoms with E-state index in [0.29, 0.717) is 18.5 Å². The average molecular weight is 512 g/mol. The van der Waals surface area contributed by atoms with Gasteiger partial charge in [0.15, 0.2) is 0 Å². The lowest BCUT2D eigenvalue weighted by atomic mass is 9.94. The van der Waals surface area contributed by atoms with Crippen molar-refractivity contribution in [3.63, 3.8) is 0 Å². The Morgan fingerprint density at radius 3 is 2.00 bits per heavy atom. The van der Waals surface area contributed by atoms with Crippen molar-refractivity contribution in [2.45, 2.75) is 50.7 Å². The molecule has 1 aromatic carbocycles. The number of rotatable bonds is 17. The molecule has 0 heterocycles. The fraction of sp³-hybridized carbons (Fsp3) is 0.455. The van der Waals surface area contributed by atoms with E-state index in [1.807, 2.05) is 0 Å². The molecule has 0 fully saturated rings. The van der Waals surface area contributed by atoms with E-state index in [0.717, 1.165) is 5.56 Å². The molecule has 0 aliphatic heterocycles. The first kappa shape index (κ1) is 29.4. The fourth-order valence-corrected chi connectivity index (χ4v) is 3.50. The summed E-state index contributed by atoms with van der Waals surface area (Å²) in [4.78, 5) is 68.8. The molecule has 13 heteroatoms. The first-order chi connectivity index (χ1) is 16.5. The van der Waals surface area contributed by atoms with Gasteiger partial charge in [0.25, 0.3) is 0 Å². The van der Waals surface area contributed by atoms with E-state index in [1.165, 1.54) is 0 Å². The number of hydrogen-bond acceptors (Lipinski definition) is 7. The van der Waals surface area contributed by atoms with E-state index < -0.39 is 60.6 Å². The molecule has 0 saturated carbocycles. The largest absolute Gasteiger partial charge is 0.481 e. The number of amides is 3.